The maximum absolute atomic E-state index is 13.1. The fourth-order valence-corrected chi connectivity index (χ4v) is 3.78. The second-order valence-corrected chi connectivity index (χ2v) is 7.10. The van der Waals surface area contributed by atoms with Gasteiger partial charge in [0.2, 0.25) is 0 Å². The number of furan rings is 1. The lowest BCUT2D eigenvalue weighted by molar-refractivity contribution is -0.132. The number of aliphatic hydroxyl groups is 1. The quantitative estimate of drug-likeness (QED) is 0.393. The number of benzene rings is 2. The molecule has 0 spiro atoms. The van der Waals surface area contributed by atoms with Crippen molar-refractivity contribution in [1.29, 1.82) is 0 Å². The molecule has 1 aliphatic rings. The molecule has 1 N–H and O–H groups in total. The van der Waals surface area contributed by atoms with Crippen molar-refractivity contribution in [2.75, 3.05) is 12.0 Å². The highest BCUT2D eigenvalue weighted by Gasteiger charge is 2.48. The van der Waals surface area contributed by atoms with Gasteiger partial charge in [-0.25, -0.2) is 0 Å². The zero-order valence-corrected chi connectivity index (χ0v) is 16.9. The first-order valence-electron chi connectivity index (χ1n) is 9.49. The van der Waals surface area contributed by atoms with Gasteiger partial charge in [0.05, 0.1) is 24.5 Å². The summed E-state index contributed by atoms with van der Waals surface area (Å²) in [4.78, 5) is 27.6. The van der Waals surface area contributed by atoms with Gasteiger partial charge >= 0.3 is 0 Å². The van der Waals surface area contributed by atoms with Crippen LogP contribution in [0.2, 0.25) is 0 Å². The fourth-order valence-electron chi connectivity index (χ4n) is 3.78. The Labute approximate surface area is 174 Å². The second-order valence-electron chi connectivity index (χ2n) is 7.10. The number of methoxy groups -OCH3 is 1. The number of carbonyl (C=O) groups excluding carboxylic acids is 2. The number of ether oxygens (including phenoxy) is 1. The molecule has 4 rings (SSSR count). The Morgan fingerprint density at radius 3 is 2.50 bits per heavy atom. The van der Waals surface area contributed by atoms with Crippen LogP contribution in [0.15, 0.2) is 70.9 Å². The van der Waals surface area contributed by atoms with E-state index in [-0.39, 0.29) is 11.3 Å². The highest BCUT2D eigenvalue weighted by Crippen LogP contribution is 2.44. The number of carbonyl (C=O) groups is 2. The normalized spacial score (nSPS) is 18.1. The minimum atomic E-state index is -0.898. The van der Waals surface area contributed by atoms with E-state index in [1.165, 1.54) is 18.3 Å². The lowest BCUT2D eigenvalue weighted by Gasteiger charge is -2.25. The van der Waals surface area contributed by atoms with Crippen molar-refractivity contribution in [2.45, 2.75) is 19.9 Å². The van der Waals surface area contributed by atoms with Crippen LogP contribution >= 0.6 is 0 Å². The molecule has 0 radical (unpaired) electrons. The molecule has 30 heavy (non-hydrogen) atoms. The van der Waals surface area contributed by atoms with Crippen LogP contribution in [-0.4, -0.2) is 23.9 Å². The predicted octanol–water partition coefficient (Wildman–Crippen LogP) is 4.53. The van der Waals surface area contributed by atoms with E-state index in [0.717, 1.165) is 11.1 Å². The van der Waals surface area contributed by atoms with Crippen molar-refractivity contribution in [3.8, 4) is 5.75 Å². The smallest absolute Gasteiger partial charge is 0.300 e. The lowest BCUT2D eigenvalue weighted by atomic mass is 9.98. The number of anilines is 1. The van der Waals surface area contributed by atoms with Crippen LogP contribution in [0, 0.1) is 13.8 Å². The Morgan fingerprint density at radius 1 is 1.03 bits per heavy atom. The number of nitrogens with zero attached hydrogens (tertiary/aromatic N) is 1. The molecule has 152 valence electrons. The van der Waals surface area contributed by atoms with E-state index in [0.29, 0.717) is 22.8 Å². The maximum atomic E-state index is 13.1. The summed E-state index contributed by atoms with van der Waals surface area (Å²) in [5.74, 6) is -1.03. The molecule has 0 saturated carbocycles. The molecule has 1 unspecified atom stereocenters. The second kappa shape index (κ2) is 7.55. The highest BCUT2D eigenvalue weighted by atomic mass is 16.5. The van der Waals surface area contributed by atoms with E-state index >= 15 is 0 Å². The lowest BCUT2D eigenvalue weighted by Crippen LogP contribution is -2.30. The van der Waals surface area contributed by atoms with E-state index in [1.807, 2.05) is 26.0 Å². The van der Waals surface area contributed by atoms with Gasteiger partial charge < -0.3 is 14.3 Å². The van der Waals surface area contributed by atoms with Crippen LogP contribution in [0.25, 0.3) is 5.76 Å². The number of amides is 1. The SMILES string of the molecule is COc1ccccc1/C(O)=C1/C(=O)C(=O)N(c2cccc(C)c2C)C1c1ccco1. The van der Waals surface area contributed by atoms with Gasteiger partial charge in [0, 0.05) is 5.69 Å². The predicted molar refractivity (Wildman–Crippen MR) is 112 cm³/mol. The summed E-state index contributed by atoms with van der Waals surface area (Å²) in [6, 6.07) is 14.8. The van der Waals surface area contributed by atoms with E-state index in [4.69, 9.17) is 9.15 Å². The van der Waals surface area contributed by atoms with Gasteiger partial charge in [0.25, 0.3) is 11.7 Å². The van der Waals surface area contributed by atoms with E-state index in [2.05, 4.69) is 0 Å². The third-order valence-corrected chi connectivity index (χ3v) is 5.45. The first-order chi connectivity index (χ1) is 14.5. The Hall–Kier alpha value is -3.80. The van der Waals surface area contributed by atoms with Gasteiger partial charge in [-0.05, 0) is 55.3 Å². The third kappa shape index (κ3) is 2.97. The Balaban J connectivity index is 1.98. The van der Waals surface area contributed by atoms with Gasteiger partial charge in [0.15, 0.2) is 0 Å². The first-order valence-corrected chi connectivity index (χ1v) is 9.49. The molecule has 2 aromatic carbocycles. The Morgan fingerprint density at radius 2 is 1.80 bits per heavy atom. The summed E-state index contributed by atoms with van der Waals surface area (Å²) in [5.41, 5.74) is 2.74. The van der Waals surface area contributed by atoms with Gasteiger partial charge in [-0.15, -0.1) is 0 Å². The fraction of sp³-hybridized carbons (Fsp3) is 0.167. The minimum absolute atomic E-state index is 0.0413. The number of hydrogen-bond donors (Lipinski definition) is 1. The summed E-state index contributed by atoms with van der Waals surface area (Å²) in [6.45, 7) is 3.83. The molecular weight excluding hydrogens is 382 g/mol. The van der Waals surface area contributed by atoms with Crippen LogP contribution in [0.4, 0.5) is 5.69 Å². The molecular formula is C24H21NO5. The molecule has 0 bridgehead atoms. The molecule has 1 saturated heterocycles. The molecule has 2 heterocycles. The number of hydrogen-bond acceptors (Lipinski definition) is 5. The highest BCUT2D eigenvalue weighted by molar-refractivity contribution is 6.51. The van der Waals surface area contributed by atoms with Crippen LogP contribution in [0.3, 0.4) is 0 Å². The zero-order chi connectivity index (χ0) is 21.4. The number of aryl methyl sites for hydroxylation is 1. The minimum Gasteiger partial charge on any atom is -0.507 e. The number of para-hydroxylation sites is 1. The van der Waals surface area contributed by atoms with E-state index < -0.39 is 17.7 Å². The average Bonchev–Trinajstić information content (AvgIpc) is 3.37. The summed E-state index contributed by atoms with van der Waals surface area (Å²) in [7, 11) is 1.48. The number of ketones is 1. The molecule has 1 aromatic heterocycles. The molecule has 6 heteroatoms. The van der Waals surface area contributed by atoms with Gasteiger partial charge in [-0.1, -0.05) is 24.3 Å². The van der Waals surface area contributed by atoms with Crippen LogP contribution in [0.1, 0.15) is 28.5 Å². The molecule has 1 fully saturated rings. The third-order valence-electron chi connectivity index (χ3n) is 5.45. The molecule has 1 aliphatic heterocycles. The first kappa shape index (κ1) is 19.5. The average molecular weight is 403 g/mol. The van der Waals surface area contributed by atoms with Crippen molar-refractivity contribution in [1.82, 2.24) is 0 Å². The van der Waals surface area contributed by atoms with Crippen molar-refractivity contribution in [3.05, 3.63) is 88.9 Å². The summed E-state index contributed by atoms with van der Waals surface area (Å²) in [6.07, 6.45) is 1.47. The molecule has 1 amide bonds. The monoisotopic (exact) mass is 403 g/mol. The van der Waals surface area contributed by atoms with Gasteiger partial charge in [0.1, 0.15) is 23.3 Å². The number of aliphatic hydroxyl groups excluding tert-OH is 1. The van der Waals surface area contributed by atoms with Crippen molar-refractivity contribution < 1.29 is 23.8 Å². The zero-order valence-electron chi connectivity index (χ0n) is 16.9. The van der Waals surface area contributed by atoms with Crippen LogP contribution < -0.4 is 9.64 Å². The van der Waals surface area contributed by atoms with Crippen LogP contribution in [-0.2, 0) is 9.59 Å². The van der Waals surface area contributed by atoms with Gasteiger partial charge in [-0.3, -0.25) is 14.5 Å². The topological polar surface area (TPSA) is 80.0 Å². The maximum Gasteiger partial charge on any atom is 0.300 e. The van der Waals surface area contributed by atoms with Crippen molar-refractivity contribution in [3.63, 3.8) is 0 Å². The molecule has 3 aromatic rings. The van der Waals surface area contributed by atoms with Crippen molar-refractivity contribution >= 4 is 23.1 Å². The Bertz CT molecular complexity index is 1160. The molecule has 0 aliphatic carbocycles. The summed E-state index contributed by atoms with van der Waals surface area (Å²) >= 11 is 0. The van der Waals surface area contributed by atoms with E-state index in [1.54, 1.807) is 42.5 Å². The van der Waals surface area contributed by atoms with Gasteiger partial charge in [-0.2, -0.15) is 0 Å². The van der Waals surface area contributed by atoms with Crippen LogP contribution in [0.5, 0.6) is 5.75 Å². The number of Topliss-reactive ketones (excluding diaryl/α,β-unsaturated/α-hetero) is 1. The standard InChI is InChI=1S/C24H21NO5/c1-14-8-6-10-17(15(14)2)25-21(19-12-7-13-30-19)20(23(27)24(25)28)22(26)16-9-4-5-11-18(16)29-3/h4-13,21,26H,1-3H3/b22-20-. The largest absolute Gasteiger partial charge is 0.507 e. The van der Waals surface area contributed by atoms with Crippen molar-refractivity contribution in [2.24, 2.45) is 0 Å². The molecule has 1 atom stereocenters. The van der Waals surface area contributed by atoms with E-state index in [9.17, 15) is 14.7 Å². The summed E-state index contributed by atoms with van der Waals surface area (Å²) in [5, 5.41) is 11.1. The molecule has 6 nitrogen and oxygen atoms in total. The Kier molecular flexibility index (Phi) is 4.91. The number of rotatable bonds is 4. The summed E-state index contributed by atoms with van der Waals surface area (Å²) < 4.78 is 10.9.